The third-order valence-electron chi connectivity index (χ3n) is 4.15. The quantitative estimate of drug-likeness (QED) is 0.564. The second-order valence-electron chi connectivity index (χ2n) is 6.11. The molecule has 1 amide bonds. The van der Waals surface area contributed by atoms with Crippen LogP contribution < -0.4 is 19.5 Å². The molecule has 0 aliphatic heterocycles. The summed E-state index contributed by atoms with van der Waals surface area (Å²) in [4.78, 5) is 12.7. The van der Waals surface area contributed by atoms with Crippen molar-refractivity contribution in [1.29, 1.82) is 0 Å². The fraction of sp³-hybridized carbons (Fsp3) is 0.0952. The maximum atomic E-state index is 12.7. The molecule has 0 saturated heterocycles. The minimum atomic E-state index is -3.67. The first-order chi connectivity index (χ1) is 14.3. The smallest absolute Gasteiger partial charge is 0.255 e. The van der Waals surface area contributed by atoms with Gasteiger partial charge in [0, 0.05) is 10.6 Å². The van der Waals surface area contributed by atoms with E-state index in [1.807, 2.05) is 0 Å². The summed E-state index contributed by atoms with van der Waals surface area (Å²) < 4.78 is 37.2. The fourth-order valence-corrected chi connectivity index (χ4v) is 3.52. The highest BCUT2D eigenvalue weighted by atomic mass is 35.5. The van der Waals surface area contributed by atoms with E-state index in [0.717, 1.165) is 0 Å². The lowest BCUT2D eigenvalue weighted by molar-refractivity contribution is 0.102. The van der Waals surface area contributed by atoms with Gasteiger partial charge in [0.1, 0.15) is 11.5 Å². The Kier molecular flexibility index (Phi) is 6.61. The van der Waals surface area contributed by atoms with Crippen molar-refractivity contribution >= 4 is 33.2 Å². The highest BCUT2D eigenvalue weighted by Crippen LogP contribution is 2.33. The van der Waals surface area contributed by atoms with Gasteiger partial charge in [-0.3, -0.25) is 4.79 Å². The van der Waals surface area contributed by atoms with Crippen LogP contribution in [0.1, 0.15) is 10.4 Å². The molecule has 3 aromatic carbocycles. The Balaban J connectivity index is 1.86. The van der Waals surface area contributed by atoms with Crippen LogP contribution in [0.2, 0.25) is 5.02 Å². The number of hydrogen-bond donors (Lipinski definition) is 2. The Hall–Kier alpha value is -3.07. The highest BCUT2D eigenvalue weighted by Gasteiger charge is 2.16. The van der Waals surface area contributed by atoms with Gasteiger partial charge in [0.2, 0.25) is 10.0 Å². The largest absolute Gasteiger partial charge is 0.497 e. The maximum Gasteiger partial charge on any atom is 0.255 e. The molecular formula is C21H19ClN2O5S. The molecule has 0 heterocycles. The third kappa shape index (κ3) is 5.10. The Bertz CT molecular complexity index is 1160. The second kappa shape index (κ2) is 9.17. The topological polar surface area (TPSA) is 93.7 Å². The second-order valence-corrected chi connectivity index (χ2v) is 8.43. The molecule has 9 heteroatoms. The van der Waals surface area contributed by atoms with E-state index in [-0.39, 0.29) is 10.5 Å². The Labute approximate surface area is 179 Å². The summed E-state index contributed by atoms with van der Waals surface area (Å²) in [6.07, 6.45) is 0. The van der Waals surface area contributed by atoms with Crippen LogP contribution in [0.5, 0.6) is 17.2 Å². The fourth-order valence-electron chi connectivity index (χ4n) is 2.58. The van der Waals surface area contributed by atoms with Gasteiger partial charge in [0.25, 0.3) is 5.91 Å². The molecular weight excluding hydrogens is 428 g/mol. The monoisotopic (exact) mass is 446 g/mol. The van der Waals surface area contributed by atoms with Crippen LogP contribution in [-0.4, -0.2) is 28.5 Å². The van der Waals surface area contributed by atoms with E-state index in [2.05, 4.69) is 10.0 Å². The number of amides is 1. The molecule has 0 aliphatic rings. The van der Waals surface area contributed by atoms with E-state index in [0.29, 0.717) is 28.0 Å². The van der Waals surface area contributed by atoms with Crippen molar-refractivity contribution in [1.82, 2.24) is 4.72 Å². The number of hydrogen-bond acceptors (Lipinski definition) is 5. The summed E-state index contributed by atoms with van der Waals surface area (Å²) in [6.45, 7) is 0. The zero-order valence-corrected chi connectivity index (χ0v) is 17.8. The molecule has 156 valence electrons. The maximum absolute atomic E-state index is 12.7. The van der Waals surface area contributed by atoms with Crippen molar-refractivity contribution in [2.45, 2.75) is 4.90 Å². The number of carbonyl (C=O) groups excluding carboxylic acids is 1. The summed E-state index contributed by atoms with van der Waals surface area (Å²) in [7, 11) is -0.803. The molecule has 0 spiro atoms. The van der Waals surface area contributed by atoms with Crippen molar-refractivity contribution < 1.29 is 22.7 Å². The number of rotatable bonds is 7. The predicted octanol–water partition coefficient (Wildman–Crippen LogP) is 4.30. The van der Waals surface area contributed by atoms with Gasteiger partial charge in [-0.25, -0.2) is 13.1 Å². The molecule has 0 unspecified atom stereocenters. The van der Waals surface area contributed by atoms with E-state index >= 15 is 0 Å². The van der Waals surface area contributed by atoms with Crippen LogP contribution in [0, 0.1) is 0 Å². The summed E-state index contributed by atoms with van der Waals surface area (Å²) in [5.41, 5.74) is 0.506. The van der Waals surface area contributed by atoms with Crippen LogP contribution in [0.25, 0.3) is 0 Å². The number of ether oxygens (including phenoxy) is 2. The lowest BCUT2D eigenvalue weighted by Gasteiger charge is -2.13. The Morgan fingerprint density at radius 3 is 2.33 bits per heavy atom. The predicted molar refractivity (Wildman–Crippen MR) is 115 cm³/mol. The molecule has 0 bridgehead atoms. The third-order valence-corrected chi connectivity index (χ3v) is 5.80. The number of benzene rings is 3. The van der Waals surface area contributed by atoms with Crippen molar-refractivity contribution in [2.24, 2.45) is 0 Å². The van der Waals surface area contributed by atoms with Gasteiger partial charge in [-0.15, -0.1) is 0 Å². The zero-order chi connectivity index (χ0) is 21.7. The van der Waals surface area contributed by atoms with Crippen LogP contribution in [0.4, 0.5) is 5.69 Å². The molecule has 0 radical (unpaired) electrons. The molecule has 0 saturated carbocycles. The van der Waals surface area contributed by atoms with E-state index in [4.69, 9.17) is 21.1 Å². The standard InChI is InChI=1S/C21H19ClN2O5S/c1-23-30(26,27)18-5-3-4-14(12-18)21(25)24-19-13-15(22)6-11-20(19)29-17-9-7-16(28-2)8-10-17/h3-13,23H,1-2H3,(H,24,25). The van der Waals surface area contributed by atoms with Gasteiger partial charge in [0.05, 0.1) is 17.7 Å². The number of methoxy groups -OCH3 is 1. The number of halogens is 1. The molecule has 0 aromatic heterocycles. The number of anilines is 1. The van der Waals surface area contributed by atoms with E-state index in [1.165, 1.54) is 31.3 Å². The van der Waals surface area contributed by atoms with Crippen molar-refractivity contribution in [3.05, 3.63) is 77.3 Å². The summed E-state index contributed by atoms with van der Waals surface area (Å²) >= 11 is 6.08. The minimum absolute atomic E-state index is 0.0153. The van der Waals surface area contributed by atoms with Crippen molar-refractivity contribution in [3.8, 4) is 17.2 Å². The van der Waals surface area contributed by atoms with Gasteiger partial charge < -0.3 is 14.8 Å². The first-order valence-electron chi connectivity index (χ1n) is 8.79. The summed E-state index contributed by atoms with van der Waals surface area (Å²) in [5.74, 6) is 1.08. The van der Waals surface area contributed by atoms with Crippen LogP contribution >= 0.6 is 11.6 Å². The van der Waals surface area contributed by atoms with Gasteiger partial charge in [-0.05, 0) is 67.7 Å². The summed E-state index contributed by atoms with van der Waals surface area (Å²) in [5, 5.41) is 3.12. The lowest BCUT2D eigenvalue weighted by atomic mass is 10.2. The molecule has 3 rings (SSSR count). The highest BCUT2D eigenvalue weighted by molar-refractivity contribution is 7.89. The van der Waals surface area contributed by atoms with E-state index in [9.17, 15) is 13.2 Å². The van der Waals surface area contributed by atoms with Gasteiger partial charge in [-0.1, -0.05) is 17.7 Å². The van der Waals surface area contributed by atoms with Gasteiger partial charge in [0.15, 0.2) is 5.75 Å². The lowest BCUT2D eigenvalue weighted by Crippen LogP contribution is -2.19. The molecule has 7 nitrogen and oxygen atoms in total. The number of nitrogens with one attached hydrogen (secondary N) is 2. The molecule has 0 atom stereocenters. The molecule has 30 heavy (non-hydrogen) atoms. The van der Waals surface area contributed by atoms with Gasteiger partial charge >= 0.3 is 0 Å². The van der Waals surface area contributed by atoms with Crippen molar-refractivity contribution in [2.75, 3.05) is 19.5 Å². The normalized spacial score (nSPS) is 11.0. The Morgan fingerprint density at radius 2 is 1.67 bits per heavy atom. The first kappa shape index (κ1) is 21.6. The van der Waals surface area contributed by atoms with E-state index in [1.54, 1.807) is 49.6 Å². The Morgan fingerprint density at radius 1 is 0.967 bits per heavy atom. The van der Waals surface area contributed by atoms with E-state index < -0.39 is 15.9 Å². The zero-order valence-electron chi connectivity index (χ0n) is 16.2. The van der Waals surface area contributed by atoms with Crippen molar-refractivity contribution in [3.63, 3.8) is 0 Å². The molecule has 0 fully saturated rings. The van der Waals surface area contributed by atoms with Crippen LogP contribution in [0.3, 0.4) is 0 Å². The minimum Gasteiger partial charge on any atom is -0.497 e. The molecule has 3 aromatic rings. The number of sulfonamides is 1. The van der Waals surface area contributed by atoms with Crippen LogP contribution in [-0.2, 0) is 10.0 Å². The SMILES string of the molecule is CNS(=O)(=O)c1cccc(C(=O)Nc2cc(Cl)ccc2Oc2ccc(OC)cc2)c1. The number of carbonyl (C=O) groups is 1. The molecule has 0 aliphatic carbocycles. The van der Waals surface area contributed by atoms with Gasteiger partial charge in [-0.2, -0.15) is 0 Å². The molecule has 2 N–H and O–H groups in total. The average molecular weight is 447 g/mol. The van der Waals surface area contributed by atoms with Crippen LogP contribution in [0.15, 0.2) is 71.6 Å². The first-order valence-corrected chi connectivity index (χ1v) is 10.6. The summed E-state index contributed by atoms with van der Waals surface area (Å²) in [6, 6.07) is 17.5. The average Bonchev–Trinajstić information content (AvgIpc) is 2.76.